The lowest BCUT2D eigenvalue weighted by atomic mass is 9.99. The minimum Gasteiger partial charge on any atom is -0.341 e. The van der Waals surface area contributed by atoms with Gasteiger partial charge in [-0.15, -0.1) is 0 Å². The average molecular weight is 288 g/mol. The maximum atomic E-state index is 12.1. The van der Waals surface area contributed by atoms with E-state index in [-0.39, 0.29) is 11.9 Å². The van der Waals surface area contributed by atoms with E-state index in [1.807, 2.05) is 4.90 Å². The first kappa shape index (κ1) is 16.0. The van der Waals surface area contributed by atoms with Crippen molar-refractivity contribution in [2.45, 2.75) is 57.9 Å². The topological polar surface area (TPSA) is 46.3 Å². The second-order valence-electron chi connectivity index (χ2n) is 6.43. The summed E-state index contributed by atoms with van der Waals surface area (Å²) >= 11 is 0. The monoisotopic (exact) mass is 288 g/mol. The van der Waals surface area contributed by atoms with Crippen LogP contribution in [0.1, 0.15) is 69.0 Å². The summed E-state index contributed by atoms with van der Waals surface area (Å²) in [7, 11) is 0. The van der Waals surface area contributed by atoms with Gasteiger partial charge in [0.25, 0.3) is 0 Å². The number of rotatable bonds is 4. The number of hydrogen-bond acceptors (Lipinski definition) is 2. The summed E-state index contributed by atoms with van der Waals surface area (Å²) in [5.41, 5.74) is 8.76. The van der Waals surface area contributed by atoms with E-state index < -0.39 is 0 Å². The van der Waals surface area contributed by atoms with Gasteiger partial charge in [-0.25, -0.2) is 0 Å². The van der Waals surface area contributed by atoms with Gasteiger partial charge in [-0.2, -0.15) is 0 Å². The molecular formula is C18H28N2O. The Kier molecular flexibility index (Phi) is 5.80. The summed E-state index contributed by atoms with van der Waals surface area (Å²) in [4.78, 5) is 14.1. The minimum atomic E-state index is -0.0883. The van der Waals surface area contributed by atoms with Crippen LogP contribution in [-0.4, -0.2) is 23.9 Å². The van der Waals surface area contributed by atoms with Crippen molar-refractivity contribution >= 4 is 5.91 Å². The molecule has 1 fully saturated rings. The number of amides is 1. The largest absolute Gasteiger partial charge is 0.341 e. The summed E-state index contributed by atoms with van der Waals surface area (Å²) in [6.45, 7) is 5.87. The maximum Gasteiger partial charge on any atom is 0.222 e. The highest BCUT2D eigenvalue weighted by Crippen LogP contribution is 2.20. The number of benzene rings is 1. The van der Waals surface area contributed by atoms with E-state index in [0.29, 0.717) is 18.9 Å². The number of nitrogens with two attached hydrogens (primary N) is 1. The van der Waals surface area contributed by atoms with Crippen molar-refractivity contribution in [2.75, 3.05) is 13.1 Å². The Balaban J connectivity index is 1.98. The van der Waals surface area contributed by atoms with Crippen molar-refractivity contribution in [3.8, 4) is 0 Å². The van der Waals surface area contributed by atoms with Crippen LogP contribution in [0.3, 0.4) is 0 Å². The van der Waals surface area contributed by atoms with Crippen molar-refractivity contribution in [1.82, 2.24) is 4.90 Å². The molecule has 1 aromatic carbocycles. The Bertz CT molecular complexity index is 453. The van der Waals surface area contributed by atoms with E-state index in [1.54, 1.807) is 0 Å². The maximum absolute atomic E-state index is 12.1. The third-order valence-electron chi connectivity index (χ3n) is 4.37. The van der Waals surface area contributed by atoms with Gasteiger partial charge in [0.15, 0.2) is 0 Å². The Hall–Kier alpha value is -1.35. The van der Waals surface area contributed by atoms with Gasteiger partial charge in [0, 0.05) is 25.6 Å². The van der Waals surface area contributed by atoms with Crippen molar-refractivity contribution in [1.29, 1.82) is 0 Å². The van der Waals surface area contributed by atoms with E-state index in [1.165, 1.54) is 18.4 Å². The lowest BCUT2D eigenvalue weighted by Gasteiger charge is -2.28. The highest BCUT2D eigenvalue weighted by molar-refractivity contribution is 5.76. The second-order valence-corrected chi connectivity index (χ2v) is 6.43. The normalized spacial score (nSPS) is 18.5. The zero-order valence-electron chi connectivity index (χ0n) is 13.3. The molecule has 1 atom stereocenters. The quantitative estimate of drug-likeness (QED) is 0.920. The van der Waals surface area contributed by atoms with E-state index in [2.05, 4.69) is 38.1 Å². The summed E-state index contributed by atoms with van der Waals surface area (Å²) in [6.07, 6.45) is 5.21. The highest BCUT2D eigenvalue weighted by atomic mass is 16.2. The van der Waals surface area contributed by atoms with Crippen molar-refractivity contribution in [2.24, 2.45) is 5.73 Å². The Labute approximate surface area is 128 Å². The van der Waals surface area contributed by atoms with Crippen LogP contribution in [-0.2, 0) is 4.79 Å². The number of likely N-dealkylation sites (tertiary alicyclic amines) is 1. The lowest BCUT2D eigenvalue weighted by molar-refractivity contribution is -0.132. The van der Waals surface area contributed by atoms with E-state index in [9.17, 15) is 4.79 Å². The number of carbonyl (C=O) groups excluding carboxylic acids is 1. The first-order valence-corrected chi connectivity index (χ1v) is 8.21. The second kappa shape index (κ2) is 7.60. The molecule has 1 aromatic rings. The zero-order chi connectivity index (χ0) is 15.2. The molecule has 0 aliphatic carbocycles. The predicted molar refractivity (Wildman–Crippen MR) is 87.1 cm³/mol. The van der Waals surface area contributed by atoms with Crippen LogP contribution >= 0.6 is 0 Å². The molecule has 3 heteroatoms. The van der Waals surface area contributed by atoms with Gasteiger partial charge in [-0.1, -0.05) is 51.0 Å². The fourth-order valence-electron chi connectivity index (χ4n) is 2.88. The van der Waals surface area contributed by atoms with Crippen molar-refractivity contribution in [3.63, 3.8) is 0 Å². The van der Waals surface area contributed by atoms with Crippen LogP contribution < -0.4 is 5.73 Å². The molecule has 0 spiro atoms. The van der Waals surface area contributed by atoms with Gasteiger partial charge in [0.2, 0.25) is 5.91 Å². The number of carbonyl (C=O) groups is 1. The van der Waals surface area contributed by atoms with E-state index >= 15 is 0 Å². The van der Waals surface area contributed by atoms with Crippen LogP contribution in [0.5, 0.6) is 0 Å². The summed E-state index contributed by atoms with van der Waals surface area (Å²) in [5, 5.41) is 0. The van der Waals surface area contributed by atoms with Crippen LogP contribution in [0.15, 0.2) is 24.3 Å². The summed E-state index contributed by atoms with van der Waals surface area (Å²) < 4.78 is 0. The third-order valence-corrected chi connectivity index (χ3v) is 4.37. The average Bonchev–Trinajstić information content (AvgIpc) is 2.47. The molecule has 0 aromatic heterocycles. The van der Waals surface area contributed by atoms with Crippen LogP contribution in [0.25, 0.3) is 0 Å². The Morgan fingerprint density at radius 1 is 1.05 bits per heavy atom. The number of nitrogens with zero attached hydrogens (tertiary/aromatic N) is 1. The molecule has 1 amide bonds. The molecule has 0 saturated carbocycles. The SMILES string of the molecule is CC(C)c1ccc(C(N)CN2CCCCCCC2=O)cc1. The van der Waals surface area contributed by atoms with Crippen LogP contribution in [0.4, 0.5) is 0 Å². The number of hydrogen-bond donors (Lipinski definition) is 1. The molecule has 21 heavy (non-hydrogen) atoms. The predicted octanol–water partition coefficient (Wildman–Crippen LogP) is 3.60. The van der Waals surface area contributed by atoms with Gasteiger partial charge in [-0.05, 0) is 29.9 Å². The van der Waals surface area contributed by atoms with Crippen molar-refractivity contribution in [3.05, 3.63) is 35.4 Å². The molecule has 3 nitrogen and oxygen atoms in total. The lowest BCUT2D eigenvalue weighted by Crippen LogP contribution is -2.38. The van der Waals surface area contributed by atoms with E-state index in [4.69, 9.17) is 5.73 Å². The van der Waals surface area contributed by atoms with Crippen molar-refractivity contribution < 1.29 is 4.79 Å². The fraction of sp³-hybridized carbons (Fsp3) is 0.611. The van der Waals surface area contributed by atoms with Crippen LogP contribution in [0, 0.1) is 0 Å². The molecule has 2 N–H and O–H groups in total. The smallest absolute Gasteiger partial charge is 0.222 e. The minimum absolute atomic E-state index is 0.0883. The molecule has 0 bridgehead atoms. The molecule has 1 aliphatic rings. The van der Waals surface area contributed by atoms with Gasteiger partial charge >= 0.3 is 0 Å². The molecule has 1 aliphatic heterocycles. The molecule has 1 unspecified atom stereocenters. The van der Waals surface area contributed by atoms with Gasteiger partial charge < -0.3 is 10.6 Å². The molecule has 1 heterocycles. The van der Waals surface area contributed by atoms with Gasteiger partial charge in [0.1, 0.15) is 0 Å². The molecule has 0 radical (unpaired) electrons. The van der Waals surface area contributed by atoms with Gasteiger partial charge in [0.05, 0.1) is 0 Å². The van der Waals surface area contributed by atoms with E-state index in [0.717, 1.165) is 24.9 Å². The third kappa shape index (κ3) is 4.57. The molecule has 116 valence electrons. The van der Waals surface area contributed by atoms with Gasteiger partial charge in [-0.3, -0.25) is 4.79 Å². The first-order valence-electron chi connectivity index (χ1n) is 8.21. The fourth-order valence-corrected chi connectivity index (χ4v) is 2.88. The molecular weight excluding hydrogens is 260 g/mol. The first-order chi connectivity index (χ1) is 10.1. The Morgan fingerprint density at radius 2 is 1.67 bits per heavy atom. The Morgan fingerprint density at radius 3 is 2.33 bits per heavy atom. The molecule has 1 saturated heterocycles. The van der Waals surface area contributed by atoms with Crippen LogP contribution in [0.2, 0.25) is 0 Å². The molecule has 2 rings (SSSR count). The summed E-state index contributed by atoms with van der Waals surface area (Å²) in [6, 6.07) is 8.42. The standard InChI is InChI=1S/C18H28N2O/c1-14(2)15-8-10-16(11-9-15)17(19)13-20-12-6-4-3-5-7-18(20)21/h8-11,14,17H,3-7,12-13,19H2,1-2H3. The summed E-state index contributed by atoms with van der Waals surface area (Å²) in [5.74, 6) is 0.801. The highest BCUT2D eigenvalue weighted by Gasteiger charge is 2.19. The zero-order valence-corrected chi connectivity index (χ0v) is 13.3.